The van der Waals surface area contributed by atoms with Gasteiger partial charge in [0.2, 0.25) is 0 Å². The van der Waals surface area contributed by atoms with E-state index in [1.54, 1.807) is 5.56 Å². The van der Waals surface area contributed by atoms with Crippen molar-refractivity contribution in [2.24, 2.45) is 5.92 Å². The summed E-state index contributed by atoms with van der Waals surface area (Å²) in [6.07, 6.45) is 10.5. The average molecular weight is 440 g/mol. The zero-order valence-corrected chi connectivity index (χ0v) is 19.8. The zero-order valence-electron chi connectivity index (χ0n) is 19.8. The fourth-order valence-corrected chi connectivity index (χ4v) is 5.85. The molecule has 1 aliphatic heterocycles. The van der Waals surface area contributed by atoms with Crippen LogP contribution in [0.2, 0.25) is 0 Å². The van der Waals surface area contributed by atoms with Crippen LogP contribution in [0.3, 0.4) is 0 Å². The molecule has 2 heteroatoms. The molecule has 0 radical (unpaired) electrons. The standard InChI is InChI=1S/C31H37NO/c1-4-11-25(12-5-1)23-32-20-10-17-27-15-8-3-9-16-28-21-30(19-18-29(28)22-31(27)32)33-24-26-13-6-2-7-14-26/h1-2,4-7,11-14,18-19,21,27,31H,3,8-10,15-17,20,22-24H2. The molecular formula is C31H37NO. The lowest BCUT2D eigenvalue weighted by molar-refractivity contribution is 0.0782. The highest BCUT2D eigenvalue weighted by Gasteiger charge is 2.32. The Morgan fingerprint density at radius 2 is 1.48 bits per heavy atom. The van der Waals surface area contributed by atoms with Crippen LogP contribution in [0.25, 0.3) is 0 Å². The second kappa shape index (κ2) is 11.0. The first-order chi connectivity index (χ1) is 16.3. The van der Waals surface area contributed by atoms with E-state index in [0.29, 0.717) is 12.6 Å². The fraction of sp³-hybridized carbons (Fsp3) is 0.419. The Hall–Kier alpha value is -2.58. The quantitative estimate of drug-likeness (QED) is 0.416. The topological polar surface area (TPSA) is 12.5 Å². The van der Waals surface area contributed by atoms with E-state index in [2.05, 4.69) is 83.8 Å². The van der Waals surface area contributed by atoms with Gasteiger partial charge in [-0.3, -0.25) is 4.90 Å². The minimum atomic E-state index is 0.634. The van der Waals surface area contributed by atoms with E-state index in [-0.39, 0.29) is 0 Å². The number of fused-ring (bicyclic) bond motifs is 2. The molecular weight excluding hydrogens is 402 g/mol. The molecule has 2 nitrogen and oxygen atoms in total. The van der Waals surface area contributed by atoms with Crippen LogP contribution in [0.1, 0.15) is 60.8 Å². The number of benzene rings is 3. The van der Waals surface area contributed by atoms with Gasteiger partial charge in [0.1, 0.15) is 12.4 Å². The normalized spacial score (nSPS) is 21.6. The van der Waals surface area contributed by atoms with Crippen LogP contribution < -0.4 is 4.74 Å². The average Bonchev–Trinajstić information content (AvgIpc) is 2.86. The van der Waals surface area contributed by atoms with Gasteiger partial charge in [-0.25, -0.2) is 0 Å². The summed E-state index contributed by atoms with van der Waals surface area (Å²) in [7, 11) is 0. The number of likely N-dealkylation sites (tertiary alicyclic amines) is 1. The van der Waals surface area contributed by atoms with Gasteiger partial charge >= 0.3 is 0 Å². The van der Waals surface area contributed by atoms with E-state index in [9.17, 15) is 0 Å². The lowest BCUT2D eigenvalue weighted by atomic mass is 9.79. The van der Waals surface area contributed by atoms with Gasteiger partial charge in [-0.05, 0) is 85.4 Å². The summed E-state index contributed by atoms with van der Waals surface area (Å²) < 4.78 is 6.18. The zero-order chi connectivity index (χ0) is 22.3. The molecule has 33 heavy (non-hydrogen) atoms. The van der Waals surface area contributed by atoms with Crippen LogP contribution >= 0.6 is 0 Å². The molecule has 3 aromatic carbocycles. The van der Waals surface area contributed by atoms with Crippen molar-refractivity contribution in [3.63, 3.8) is 0 Å². The Labute approximate surface area is 199 Å². The van der Waals surface area contributed by atoms with Crippen molar-refractivity contribution >= 4 is 0 Å². The second-order valence-electron chi connectivity index (χ2n) is 9.93. The highest BCUT2D eigenvalue weighted by molar-refractivity contribution is 5.37. The molecule has 2 aliphatic rings. The summed E-state index contributed by atoms with van der Waals surface area (Å²) in [5, 5.41) is 0. The number of aryl methyl sites for hydroxylation is 1. The molecule has 1 aliphatic carbocycles. The maximum Gasteiger partial charge on any atom is 0.120 e. The Kier molecular flexibility index (Phi) is 7.43. The van der Waals surface area contributed by atoms with Gasteiger partial charge in [-0.15, -0.1) is 0 Å². The SMILES string of the molecule is c1ccc(COc2ccc3c(c2)CCCCCC2CCCN(Cc4ccccc4)C2C3)cc1. The first-order valence-corrected chi connectivity index (χ1v) is 12.9. The fourth-order valence-electron chi connectivity index (χ4n) is 5.85. The number of ether oxygens (including phenoxy) is 1. The third kappa shape index (κ3) is 5.86. The van der Waals surface area contributed by atoms with Crippen molar-refractivity contribution in [2.45, 2.75) is 70.6 Å². The van der Waals surface area contributed by atoms with Crippen LogP contribution in [-0.4, -0.2) is 17.5 Å². The van der Waals surface area contributed by atoms with E-state index >= 15 is 0 Å². The number of rotatable bonds is 5. The second-order valence-corrected chi connectivity index (χ2v) is 9.93. The minimum Gasteiger partial charge on any atom is -0.489 e. The number of hydrogen-bond donors (Lipinski definition) is 0. The molecule has 2 atom stereocenters. The van der Waals surface area contributed by atoms with E-state index in [1.165, 1.54) is 74.6 Å². The molecule has 172 valence electrons. The molecule has 0 spiro atoms. The van der Waals surface area contributed by atoms with E-state index in [0.717, 1.165) is 18.2 Å². The first kappa shape index (κ1) is 22.2. The van der Waals surface area contributed by atoms with Gasteiger partial charge < -0.3 is 4.74 Å². The third-order valence-corrected chi connectivity index (χ3v) is 7.64. The Bertz CT molecular complexity index is 1000. The lowest BCUT2D eigenvalue weighted by Crippen LogP contribution is -2.46. The third-order valence-electron chi connectivity index (χ3n) is 7.64. The molecule has 0 aromatic heterocycles. The monoisotopic (exact) mass is 439 g/mol. The molecule has 1 heterocycles. The maximum atomic E-state index is 6.18. The predicted octanol–water partition coefficient (Wildman–Crippen LogP) is 7.21. The van der Waals surface area contributed by atoms with E-state index in [4.69, 9.17) is 4.74 Å². The molecule has 3 aromatic rings. The predicted molar refractivity (Wildman–Crippen MR) is 136 cm³/mol. The molecule has 1 saturated heterocycles. The molecule has 0 amide bonds. The van der Waals surface area contributed by atoms with Crippen LogP contribution in [0.15, 0.2) is 78.9 Å². The maximum absolute atomic E-state index is 6.18. The number of piperidine rings is 1. The molecule has 2 unspecified atom stereocenters. The molecule has 0 saturated carbocycles. The van der Waals surface area contributed by atoms with Crippen LogP contribution in [0.5, 0.6) is 5.75 Å². The number of hydrogen-bond acceptors (Lipinski definition) is 2. The molecule has 0 bridgehead atoms. The first-order valence-electron chi connectivity index (χ1n) is 12.9. The summed E-state index contributed by atoms with van der Waals surface area (Å²) in [6, 6.07) is 29.1. The molecule has 1 fully saturated rings. The van der Waals surface area contributed by atoms with Crippen molar-refractivity contribution in [3.05, 3.63) is 101 Å². The van der Waals surface area contributed by atoms with Gasteiger partial charge in [-0.1, -0.05) is 79.6 Å². The Morgan fingerprint density at radius 3 is 2.30 bits per heavy atom. The Balaban J connectivity index is 1.35. The lowest BCUT2D eigenvalue weighted by Gasteiger charge is -2.42. The van der Waals surface area contributed by atoms with Gasteiger partial charge in [0.15, 0.2) is 0 Å². The minimum absolute atomic E-state index is 0.634. The van der Waals surface area contributed by atoms with E-state index in [1.807, 2.05) is 0 Å². The highest BCUT2D eigenvalue weighted by Crippen LogP contribution is 2.34. The van der Waals surface area contributed by atoms with Gasteiger partial charge in [-0.2, -0.15) is 0 Å². The molecule has 5 rings (SSSR count). The van der Waals surface area contributed by atoms with Crippen LogP contribution in [0.4, 0.5) is 0 Å². The highest BCUT2D eigenvalue weighted by atomic mass is 16.5. The largest absolute Gasteiger partial charge is 0.489 e. The van der Waals surface area contributed by atoms with Crippen molar-refractivity contribution < 1.29 is 4.74 Å². The van der Waals surface area contributed by atoms with Crippen LogP contribution in [0, 0.1) is 5.92 Å². The summed E-state index contributed by atoms with van der Waals surface area (Å²) >= 11 is 0. The summed E-state index contributed by atoms with van der Waals surface area (Å²) in [6.45, 7) is 2.94. The van der Waals surface area contributed by atoms with Gasteiger partial charge in [0.25, 0.3) is 0 Å². The van der Waals surface area contributed by atoms with Crippen LogP contribution in [-0.2, 0) is 26.0 Å². The summed E-state index contributed by atoms with van der Waals surface area (Å²) in [5.41, 5.74) is 5.71. The summed E-state index contributed by atoms with van der Waals surface area (Å²) in [5.74, 6) is 1.83. The Morgan fingerprint density at radius 1 is 0.727 bits per heavy atom. The molecule has 0 N–H and O–H groups in total. The smallest absolute Gasteiger partial charge is 0.120 e. The summed E-state index contributed by atoms with van der Waals surface area (Å²) in [4.78, 5) is 2.79. The van der Waals surface area contributed by atoms with Crippen molar-refractivity contribution in [1.29, 1.82) is 0 Å². The van der Waals surface area contributed by atoms with Crippen molar-refractivity contribution in [2.75, 3.05) is 6.54 Å². The van der Waals surface area contributed by atoms with Crippen molar-refractivity contribution in [3.8, 4) is 5.75 Å². The van der Waals surface area contributed by atoms with Crippen molar-refractivity contribution in [1.82, 2.24) is 4.90 Å². The van der Waals surface area contributed by atoms with Gasteiger partial charge in [0, 0.05) is 12.6 Å². The van der Waals surface area contributed by atoms with E-state index < -0.39 is 0 Å². The number of nitrogens with zero attached hydrogens (tertiary/aromatic N) is 1. The van der Waals surface area contributed by atoms with Gasteiger partial charge in [0.05, 0.1) is 0 Å².